The zero-order valence-electron chi connectivity index (χ0n) is 19.4. The molecule has 1 aliphatic heterocycles. The van der Waals surface area contributed by atoms with Crippen LogP contribution < -0.4 is 4.74 Å². The zero-order chi connectivity index (χ0) is 22.4. The lowest BCUT2D eigenvalue weighted by Crippen LogP contribution is -2.41. The monoisotopic (exact) mass is 432 g/mol. The maximum absolute atomic E-state index is 13.2. The minimum absolute atomic E-state index is 0.0206. The number of fused-ring (bicyclic) bond motifs is 1. The average Bonchev–Trinajstić information content (AvgIpc) is 2.71. The van der Waals surface area contributed by atoms with Crippen molar-refractivity contribution in [2.75, 3.05) is 26.7 Å². The number of para-hydroxylation sites is 1. The zero-order valence-corrected chi connectivity index (χ0v) is 19.4. The second kappa shape index (κ2) is 11.3. The highest BCUT2D eigenvalue weighted by Gasteiger charge is 2.29. The Bertz CT molecular complexity index is 719. The van der Waals surface area contributed by atoms with Crippen molar-refractivity contribution in [3.05, 3.63) is 29.3 Å². The Morgan fingerprint density at radius 1 is 1.06 bits per heavy atom. The number of benzene rings is 1. The molecule has 0 bridgehead atoms. The van der Waals surface area contributed by atoms with Gasteiger partial charge in [0.2, 0.25) is 0 Å². The maximum Gasteiger partial charge on any atom is 0.257 e. The number of aliphatic hydroxyl groups is 2. The highest BCUT2D eigenvalue weighted by atomic mass is 16.5. The maximum atomic E-state index is 13.2. The molecule has 0 unspecified atom stereocenters. The van der Waals surface area contributed by atoms with E-state index in [1.165, 1.54) is 6.42 Å². The lowest BCUT2D eigenvalue weighted by atomic mass is 9.91. The number of hydrogen-bond donors (Lipinski definition) is 2. The Hall–Kier alpha value is -1.63. The van der Waals surface area contributed by atoms with Crippen LogP contribution in [-0.2, 0) is 6.42 Å². The molecule has 6 heteroatoms. The van der Waals surface area contributed by atoms with E-state index < -0.39 is 12.2 Å². The standard InChI is InChI=1S/C25H40N2O4/c1-18(2)27-15-6-4-5-9-19-10-7-13-21(25(30)26(3)20-11-8-12-20)24(19)31-17-23(29)22(28)14-16-27/h7,10,13,18,20,22-23,28-29H,4-6,8-9,11-12,14-17H2,1-3H3/t22-,23+/m0/s1. The van der Waals surface area contributed by atoms with Crippen LogP contribution in [-0.4, -0.2) is 77.0 Å². The summed E-state index contributed by atoms with van der Waals surface area (Å²) >= 11 is 0. The van der Waals surface area contributed by atoms with Crippen molar-refractivity contribution in [2.45, 2.75) is 89.5 Å². The number of carbonyl (C=O) groups is 1. The van der Waals surface area contributed by atoms with E-state index in [1.54, 1.807) is 0 Å². The first-order chi connectivity index (χ1) is 14.9. The van der Waals surface area contributed by atoms with E-state index in [0.29, 0.717) is 29.8 Å². The molecular weight excluding hydrogens is 392 g/mol. The Balaban J connectivity index is 1.80. The molecule has 1 aromatic carbocycles. The molecule has 0 saturated heterocycles. The molecule has 0 spiro atoms. The second-order valence-corrected chi connectivity index (χ2v) is 9.47. The average molecular weight is 433 g/mol. The van der Waals surface area contributed by atoms with Crippen LogP contribution in [0.25, 0.3) is 0 Å². The van der Waals surface area contributed by atoms with Crippen molar-refractivity contribution in [3.63, 3.8) is 0 Å². The highest BCUT2D eigenvalue weighted by Crippen LogP contribution is 2.31. The van der Waals surface area contributed by atoms with E-state index >= 15 is 0 Å². The van der Waals surface area contributed by atoms with Crippen LogP contribution in [0.1, 0.15) is 74.7 Å². The van der Waals surface area contributed by atoms with Crippen molar-refractivity contribution in [1.29, 1.82) is 0 Å². The lowest BCUT2D eigenvalue weighted by molar-refractivity contribution is -0.0174. The van der Waals surface area contributed by atoms with Crippen molar-refractivity contribution < 1.29 is 19.7 Å². The van der Waals surface area contributed by atoms with E-state index in [0.717, 1.165) is 57.2 Å². The SMILES string of the molecule is CC(C)N1CCCCCc2cccc(C(=O)N(C)C3CCC3)c2OC[C@@H](O)[C@@H](O)CC1. The molecule has 1 fully saturated rings. The molecule has 3 rings (SSSR count). The van der Waals surface area contributed by atoms with Crippen LogP contribution >= 0.6 is 0 Å². The van der Waals surface area contributed by atoms with Gasteiger partial charge >= 0.3 is 0 Å². The Morgan fingerprint density at radius 2 is 1.84 bits per heavy atom. The number of aryl methyl sites for hydroxylation is 1. The van der Waals surface area contributed by atoms with Gasteiger partial charge in [0.15, 0.2) is 0 Å². The number of ether oxygens (including phenoxy) is 1. The van der Waals surface area contributed by atoms with Crippen LogP contribution in [0.4, 0.5) is 0 Å². The summed E-state index contributed by atoms with van der Waals surface area (Å²) in [7, 11) is 1.87. The fourth-order valence-electron chi connectivity index (χ4n) is 4.46. The van der Waals surface area contributed by atoms with Crippen molar-refractivity contribution in [1.82, 2.24) is 9.80 Å². The molecule has 0 radical (unpaired) electrons. The molecule has 1 aliphatic carbocycles. The lowest BCUT2D eigenvalue weighted by Gasteiger charge is -2.35. The van der Waals surface area contributed by atoms with Crippen molar-refractivity contribution in [3.8, 4) is 5.75 Å². The molecule has 1 saturated carbocycles. The van der Waals surface area contributed by atoms with Gasteiger partial charge < -0.3 is 24.7 Å². The smallest absolute Gasteiger partial charge is 0.257 e. The van der Waals surface area contributed by atoms with Gasteiger partial charge in [0, 0.05) is 25.7 Å². The minimum atomic E-state index is -0.989. The molecule has 31 heavy (non-hydrogen) atoms. The van der Waals surface area contributed by atoms with Crippen molar-refractivity contribution >= 4 is 5.91 Å². The van der Waals surface area contributed by atoms with Gasteiger partial charge in [0.05, 0.1) is 11.7 Å². The van der Waals surface area contributed by atoms with E-state index in [4.69, 9.17) is 4.74 Å². The molecule has 1 aromatic rings. The summed E-state index contributed by atoms with van der Waals surface area (Å²) < 4.78 is 6.05. The first-order valence-corrected chi connectivity index (χ1v) is 12.0. The van der Waals surface area contributed by atoms with E-state index in [2.05, 4.69) is 18.7 Å². The van der Waals surface area contributed by atoms with Crippen LogP contribution in [0, 0.1) is 0 Å². The molecule has 174 valence electrons. The largest absolute Gasteiger partial charge is 0.490 e. The van der Waals surface area contributed by atoms with Gasteiger partial charge in [0.1, 0.15) is 18.5 Å². The number of carbonyl (C=O) groups excluding carboxylic acids is 1. The summed E-state index contributed by atoms with van der Waals surface area (Å²) in [5, 5.41) is 21.0. The van der Waals surface area contributed by atoms with Crippen LogP contribution in [0.2, 0.25) is 0 Å². The topological polar surface area (TPSA) is 73.2 Å². The molecular formula is C25H40N2O4. The van der Waals surface area contributed by atoms with E-state index in [-0.39, 0.29) is 12.5 Å². The second-order valence-electron chi connectivity index (χ2n) is 9.47. The molecule has 6 nitrogen and oxygen atoms in total. The summed E-state index contributed by atoms with van der Waals surface area (Å²) in [4.78, 5) is 17.4. The third kappa shape index (κ3) is 6.21. The number of rotatable bonds is 3. The first-order valence-electron chi connectivity index (χ1n) is 12.0. The van der Waals surface area contributed by atoms with Crippen LogP contribution in [0.5, 0.6) is 5.75 Å². The van der Waals surface area contributed by atoms with Crippen LogP contribution in [0.15, 0.2) is 18.2 Å². The van der Waals surface area contributed by atoms with Gasteiger partial charge in [-0.1, -0.05) is 18.6 Å². The number of hydrogen-bond acceptors (Lipinski definition) is 5. The molecule has 1 amide bonds. The first kappa shape index (κ1) is 24.0. The normalized spacial score (nSPS) is 24.6. The van der Waals surface area contributed by atoms with E-state index in [1.807, 2.05) is 30.1 Å². The third-order valence-corrected chi connectivity index (χ3v) is 6.95. The predicted molar refractivity (Wildman–Crippen MR) is 123 cm³/mol. The molecule has 2 atom stereocenters. The number of nitrogens with zero attached hydrogens (tertiary/aromatic N) is 2. The Labute approximate surface area is 187 Å². The van der Waals surface area contributed by atoms with Crippen molar-refractivity contribution in [2.24, 2.45) is 0 Å². The molecule has 2 aliphatic rings. The van der Waals surface area contributed by atoms with Gasteiger partial charge in [0.25, 0.3) is 5.91 Å². The van der Waals surface area contributed by atoms with E-state index in [9.17, 15) is 15.0 Å². The van der Waals surface area contributed by atoms with Gasteiger partial charge in [-0.15, -0.1) is 0 Å². The summed E-state index contributed by atoms with van der Waals surface area (Å²) in [6, 6.07) is 6.49. The number of amides is 1. The summed E-state index contributed by atoms with van der Waals surface area (Å²) in [5.41, 5.74) is 1.57. The fraction of sp³-hybridized carbons (Fsp3) is 0.720. The molecule has 1 heterocycles. The fourth-order valence-corrected chi connectivity index (χ4v) is 4.46. The van der Waals surface area contributed by atoms with Crippen LogP contribution in [0.3, 0.4) is 0 Å². The van der Waals surface area contributed by atoms with Gasteiger partial charge in [-0.05, 0) is 77.0 Å². The molecule has 0 aromatic heterocycles. The van der Waals surface area contributed by atoms with Gasteiger partial charge in [-0.2, -0.15) is 0 Å². The summed E-state index contributed by atoms with van der Waals surface area (Å²) in [6.07, 6.45) is 6.00. The summed E-state index contributed by atoms with van der Waals surface area (Å²) in [5.74, 6) is 0.552. The number of aliphatic hydroxyl groups excluding tert-OH is 2. The van der Waals surface area contributed by atoms with Gasteiger partial charge in [-0.25, -0.2) is 0 Å². The highest BCUT2D eigenvalue weighted by molar-refractivity contribution is 5.97. The molecule has 2 N–H and O–H groups in total. The Morgan fingerprint density at radius 3 is 2.52 bits per heavy atom. The third-order valence-electron chi connectivity index (χ3n) is 6.95. The Kier molecular flexibility index (Phi) is 8.76. The quantitative estimate of drug-likeness (QED) is 0.767. The predicted octanol–water partition coefficient (Wildman–Crippen LogP) is 3.24. The minimum Gasteiger partial charge on any atom is -0.490 e. The summed E-state index contributed by atoms with van der Waals surface area (Å²) in [6.45, 7) is 6.07. The van der Waals surface area contributed by atoms with Gasteiger partial charge in [-0.3, -0.25) is 4.79 Å².